The number of carbonyl (C=O) groups excluding carboxylic acids is 1. The maximum Gasteiger partial charge on any atom is 0.337 e. The molecule has 1 atom stereocenters. The van der Waals surface area contributed by atoms with E-state index < -0.39 is 28.7 Å². The number of carbonyl (C=O) groups is 1. The Bertz CT molecular complexity index is 1650. The molecule has 0 saturated carbocycles. The second-order valence-electron chi connectivity index (χ2n) is 11.2. The fourth-order valence-electron chi connectivity index (χ4n) is 6.50. The lowest BCUT2D eigenvalue weighted by molar-refractivity contribution is 0.0976. The highest BCUT2D eigenvalue weighted by Crippen LogP contribution is 2.54. The summed E-state index contributed by atoms with van der Waals surface area (Å²) in [5.41, 5.74) is 15.0. The molecule has 1 amide bonds. The monoisotopic (exact) mass is 532 g/mol. The lowest BCUT2D eigenvalue weighted by Gasteiger charge is -2.29. The van der Waals surface area contributed by atoms with E-state index in [1.54, 1.807) is 27.7 Å². The van der Waals surface area contributed by atoms with Gasteiger partial charge in [0.25, 0.3) is 11.5 Å². The van der Waals surface area contributed by atoms with Gasteiger partial charge in [-0.25, -0.2) is 9.36 Å². The summed E-state index contributed by atoms with van der Waals surface area (Å²) in [5, 5.41) is 11.0. The molecule has 2 heterocycles. The number of primary amides is 1. The zero-order valence-corrected chi connectivity index (χ0v) is 23.2. The van der Waals surface area contributed by atoms with Crippen LogP contribution in [0.4, 0.5) is 5.82 Å². The van der Waals surface area contributed by atoms with Crippen molar-refractivity contribution in [2.24, 2.45) is 5.73 Å². The van der Waals surface area contributed by atoms with Gasteiger partial charge in [0, 0.05) is 17.7 Å². The van der Waals surface area contributed by atoms with Crippen LogP contribution in [-0.2, 0) is 19.4 Å². The van der Waals surface area contributed by atoms with Crippen LogP contribution in [0, 0.1) is 13.8 Å². The minimum atomic E-state index is -1.05. The number of rotatable bonds is 5. The highest BCUT2D eigenvalue weighted by atomic mass is 16.5. The second kappa shape index (κ2) is 9.32. The summed E-state index contributed by atoms with van der Waals surface area (Å²) in [4.78, 5) is 40.5. The molecule has 1 unspecified atom stereocenters. The number of nitrogen functional groups attached to an aromatic ring is 1. The van der Waals surface area contributed by atoms with Crippen molar-refractivity contribution in [2.45, 2.75) is 84.8 Å². The van der Waals surface area contributed by atoms with Crippen LogP contribution < -0.4 is 27.5 Å². The van der Waals surface area contributed by atoms with Crippen LogP contribution in [0.2, 0.25) is 0 Å². The van der Waals surface area contributed by atoms with E-state index in [1.807, 2.05) is 19.1 Å². The Morgan fingerprint density at radius 3 is 2.49 bits per heavy atom. The fourth-order valence-corrected chi connectivity index (χ4v) is 6.50. The quantitative estimate of drug-likeness (QED) is 0.458. The average molecular weight is 533 g/mol. The van der Waals surface area contributed by atoms with E-state index in [1.165, 1.54) is 14.7 Å². The Balaban J connectivity index is 1.90. The largest absolute Gasteiger partial charge is 0.507 e. The van der Waals surface area contributed by atoms with E-state index in [4.69, 9.17) is 16.2 Å². The second-order valence-corrected chi connectivity index (χ2v) is 11.2. The molecule has 1 aliphatic heterocycles. The molecule has 9 nitrogen and oxygen atoms in total. The molecule has 2 aliphatic rings. The minimum Gasteiger partial charge on any atom is -0.507 e. The number of anilines is 1. The molecule has 1 aromatic heterocycles. The van der Waals surface area contributed by atoms with E-state index >= 15 is 0 Å². The molecule has 206 valence electrons. The summed E-state index contributed by atoms with van der Waals surface area (Å²) in [6.45, 7) is 9.04. The number of fused-ring (bicyclic) bond motifs is 2. The van der Waals surface area contributed by atoms with Crippen molar-refractivity contribution in [1.82, 2.24) is 9.13 Å². The summed E-state index contributed by atoms with van der Waals surface area (Å²) in [6, 6.07) is 5.87. The smallest absolute Gasteiger partial charge is 0.337 e. The standard InChI is InChI=1S/C30H36N4O5/c1-6-14-33-28(37)22(26(31)34(29(33)38)19-13-9-11-17-10-7-8-12-18(17)19)23-20-15(2)24(35)16(3)21(27(32)36)25(20)39-30(23,4)5/h9,11,13,23,35H,6-8,10,12,14,31H2,1-5H3,(H2,32,36). The number of nitrogens with zero attached hydrogens (tertiary/aromatic N) is 2. The van der Waals surface area contributed by atoms with Gasteiger partial charge in [-0.2, -0.15) is 0 Å². The number of nitrogens with two attached hydrogens (primary N) is 2. The summed E-state index contributed by atoms with van der Waals surface area (Å²) in [7, 11) is 0. The van der Waals surface area contributed by atoms with Crippen LogP contribution in [0.5, 0.6) is 11.5 Å². The topological polar surface area (TPSA) is 143 Å². The first-order valence-electron chi connectivity index (χ1n) is 13.5. The third-order valence-electron chi connectivity index (χ3n) is 8.32. The van der Waals surface area contributed by atoms with Crippen LogP contribution in [0.25, 0.3) is 5.69 Å². The van der Waals surface area contributed by atoms with E-state index in [2.05, 4.69) is 6.07 Å². The number of aromatic nitrogens is 2. The molecule has 0 spiro atoms. The van der Waals surface area contributed by atoms with Crippen molar-refractivity contribution >= 4 is 11.7 Å². The Kier molecular flexibility index (Phi) is 6.36. The highest BCUT2D eigenvalue weighted by Gasteiger charge is 2.49. The van der Waals surface area contributed by atoms with Crippen molar-refractivity contribution in [2.75, 3.05) is 5.73 Å². The van der Waals surface area contributed by atoms with Gasteiger partial charge in [0.05, 0.1) is 22.7 Å². The van der Waals surface area contributed by atoms with Crippen LogP contribution in [-0.4, -0.2) is 25.7 Å². The van der Waals surface area contributed by atoms with Crippen LogP contribution >= 0.6 is 0 Å². The predicted molar refractivity (Wildman–Crippen MR) is 150 cm³/mol. The maximum absolute atomic E-state index is 14.1. The predicted octanol–water partition coefficient (Wildman–Crippen LogP) is 3.59. The molecule has 3 aromatic rings. The van der Waals surface area contributed by atoms with Crippen LogP contribution in [0.15, 0.2) is 27.8 Å². The molecule has 2 aromatic carbocycles. The summed E-state index contributed by atoms with van der Waals surface area (Å²) >= 11 is 0. The maximum atomic E-state index is 14.1. The van der Waals surface area contributed by atoms with Gasteiger partial charge in [0.2, 0.25) is 0 Å². The molecule has 0 bridgehead atoms. The average Bonchev–Trinajstić information content (AvgIpc) is 3.15. The highest BCUT2D eigenvalue weighted by molar-refractivity contribution is 5.99. The number of amides is 1. The van der Waals surface area contributed by atoms with E-state index in [0.717, 1.165) is 31.2 Å². The summed E-state index contributed by atoms with van der Waals surface area (Å²) in [6.07, 6.45) is 4.39. The lowest BCUT2D eigenvalue weighted by atomic mass is 9.78. The molecular weight excluding hydrogens is 496 g/mol. The molecular formula is C30H36N4O5. The zero-order chi connectivity index (χ0) is 28.4. The Morgan fingerprint density at radius 2 is 1.82 bits per heavy atom. The van der Waals surface area contributed by atoms with Gasteiger partial charge in [-0.3, -0.25) is 14.2 Å². The third kappa shape index (κ3) is 3.85. The van der Waals surface area contributed by atoms with Gasteiger partial charge in [-0.05, 0) is 82.6 Å². The van der Waals surface area contributed by atoms with E-state index in [0.29, 0.717) is 28.8 Å². The van der Waals surface area contributed by atoms with Gasteiger partial charge < -0.3 is 21.3 Å². The number of phenols is 1. The first-order chi connectivity index (χ1) is 18.4. The summed E-state index contributed by atoms with van der Waals surface area (Å²) in [5.74, 6) is -1.34. The molecule has 1 aliphatic carbocycles. The number of hydrogen-bond donors (Lipinski definition) is 3. The molecule has 9 heteroatoms. The SMILES string of the molecule is CCCn1c(=O)c(C2c3c(C)c(O)c(C)c(C(N)=O)c3OC2(C)C)c(N)n(-c2cccc3c2CCCC3)c1=O. The fraction of sp³-hybridized carbons (Fsp3) is 0.433. The number of benzene rings is 2. The Labute approximate surface area is 227 Å². The number of aryl methyl sites for hydroxylation is 1. The van der Waals surface area contributed by atoms with Crippen molar-refractivity contribution in [3.8, 4) is 17.2 Å². The number of phenolic OH excluding ortho intramolecular Hbond substituents is 1. The van der Waals surface area contributed by atoms with Gasteiger partial charge in [0.15, 0.2) is 0 Å². The van der Waals surface area contributed by atoms with E-state index in [9.17, 15) is 19.5 Å². The van der Waals surface area contributed by atoms with Crippen molar-refractivity contribution in [3.05, 3.63) is 78.0 Å². The van der Waals surface area contributed by atoms with Crippen LogP contribution in [0.3, 0.4) is 0 Å². The van der Waals surface area contributed by atoms with Gasteiger partial charge in [0.1, 0.15) is 22.9 Å². The first kappa shape index (κ1) is 26.6. The molecule has 0 saturated heterocycles. The van der Waals surface area contributed by atoms with Crippen LogP contribution in [0.1, 0.15) is 89.7 Å². The van der Waals surface area contributed by atoms with E-state index in [-0.39, 0.29) is 35.0 Å². The van der Waals surface area contributed by atoms with Gasteiger partial charge in [-0.1, -0.05) is 19.1 Å². The Hall–Kier alpha value is -4.01. The molecule has 5 N–H and O–H groups in total. The molecule has 0 radical (unpaired) electrons. The zero-order valence-electron chi connectivity index (χ0n) is 23.2. The van der Waals surface area contributed by atoms with Gasteiger partial charge in [-0.15, -0.1) is 0 Å². The lowest BCUT2D eigenvalue weighted by Crippen LogP contribution is -2.46. The normalized spacial score (nSPS) is 17.4. The third-order valence-corrected chi connectivity index (χ3v) is 8.32. The van der Waals surface area contributed by atoms with Crippen molar-refractivity contribution in [3.63, 3.8) is 0 Å². The summed E-state index contributed by atoms with van der Waals surface area (Å²) < 4.78 is 9.04. The number of hydrogen-bond acceptors (Lipinski definition) is 6. The Morgan fingerprint density at radius 1 is 1.13 bits per heavy atom. The first-order valence-corrected chi connectivity index (χ1v) is 13.5. The molecule has 5 rings (SSSR count). The minimum absolute atomic E-state index is 0.0333. The van der Waals surface area contributed by atoms with Crippen molar-refractivity contribution in [1.29, 1.82) is 0 Å². The number of ether oxygens (including phenoxy) is 1. The van der Waals surface area contributed by atoms with Gasteiger partial charge >= 0.3 is 5.69 Å². The molecule has 39 heavy (non-hydrogen) atoms. The molecule has 0 fully saturated rings. The number of aromatic hydroxyl groups is 1. The van der Waals surface area contributed by atoms with Crippen molar-refractivity contribution < 1.29 is 14.6 Å².